The number of rotatable bonds is 2. The number of carboxylic acids is 1. The van der Waals surface area contributed by atoms with Crippen molar-refractivity contribution in [3.63, 3.8) is 0 Å². The van der Waals surface area contributed by atoms with Crippen molar-refractivity contribution in [1.82, 2.24) is 10.1 Å². The molecule has 23 heavy (non-hydrogen) atoms. The molecule has 122 valence electrons. The van der Waals surface area contributed by atoms with Crippen LogP contribution in [0.5, 0.6) is 0 Å². The Hall–Kier alpha value is -2.57. The van der Waals surface area contributed by atoms with Crippen LogP contribution in [0.15, 0.2) is 16.7 Å². The molecule has 3 rings (SSSR count). The summed E-state index contributed by atoms with van der Waals surface area (Å²) in [6.45, 7) is 6.27. The SMILES string of the molecule is CC(C)(C)OC(=O)N1Cc2ccc3c(CC(=O)O)noc3c2C1. The third kappa shape index (κ3) is 2.99. The molecule has 1 aromatic carbocycles. The maximum absolute atomic E-state index is 12.2. The van der Waals surface area contributed by atoms with Gasteiger partial charge >= 0.3 is 12.1 Å². The standard InChI is InChI=1S/C16H18N2O5/c1-16(2,3)22-15(21)18-7-9-4-5-10-12(6-13(19)20)17-23-14(10)11(9)8-18/h4-5H,6-8H2,1-3H3,(H,19,20). The summed E-state index contributed by atoms with van der Waals surface area (Å²) in [6.07, 6.45) is -0.575. The van der Waals surface area contributed by atoms with Crippen LogP contribution in [0.3, 0.4) is 0 Å². The lowest BCUT2D eigenvalue weighted by atomic mass is 10.1. The lowest BCUT2D eigenvalue weighted by Gasteiger charge is -2.24. The van der Waals surface area contributed by atoms with E-state index in [0.29, 0.717) is 29.8 Å². The Balaban J connectivity index is 1.88. The third-order valence-corrected chi connectivity index (χ3v) is 3.60. The molecule has 0 saturated carbocycles. The van der Waals surface area contributed by atoms with Gasteiger partial charge in [0, 0.05) is 17.5 Å². The highest BCUT2D eigenvalue weighted by Crippen LogP contribution is 2.32. The summed E-state index contributed by atoms with van der Waals surface area (Å²) in [5, 5.41) is 13.4. The molecule has 1 aliphatic rings. The first-order chi connectivity index (χ1) is 10.7. The molecule has 0 unspecified atom stereocenters. The number of fused-ring (bicyclic) bond motifs is 3. The average Bonchev–Trinajstić information content (AvgIpc) is 2.99. The molecule has 0 aliphatic carbocycles. The summed E-state index contributed by atoms with van der Waals surface area (Å²) in [6, 6.07) is 3.67. The normalized spacial score (nSPS) is 14.1. The number of carbonyl (C=O) groups excluding carboxylic acids is 1. The summed E-state index contributed by atoms with van der Waals surface area (Å²) in [5.41, 5.74) is 2.21. The molecule has 1 aliphatic heterocycles. The van der Waals surface area contributed by atoms with Crippen molar-refractivity contribution in [2.24, 2.45) is 0 Å². The van der Waals surface area contributed by atoms with Gasteiger partial charge in [0.25, 0.3) is 0 Å². The van der Waals surface area contributed by atoms with Crippen LogP contribution >= 0.6 is 0 Å². The molecule has 0 fully saturated rings. The van der Waals surface area contributed by atoms with Crippen molar-refractivity contribution in [3.8, 4) is 0 Å². The molecule has 2 aromatic rings. The maximum atomic E-state index is 12.2. The minimum atomic E-state index is -0.962. The first-order valence-electron chi connectivity index (χ1n) is 7.33. The molecular weight excluding hydrogens is 300 g/mol. The summed E-state index contributed by atoms with van der Waals surface area (Å²) >= 11 is 0. The van der Waals surface area contributed by atoms with E-state index in [4.69, 9.17) is 14.4 Å². The van der Waals surface area contributed by atoms with E-state index in [9.17, 15) is 9.59 Å². The van der Waals surface area contributed by atoms with Gasteiger partial charge in [-0.25, -0.2) is 4.79 Å². The van der Waals surface area contributed by atoms with Gasteiger partial charge in [0.15, 0.2) is 5.58 Å². The van der Waals surface area contributed by atoms with Gasteiger partial charge in [-0.1, -0.05) is 11.2 Å². The quantitative estimate of drug-likeness (QED) is 0.915. The number of ether oxygens (including phenoxy) is 1. The molecule has 0 bridgehead atoms. The number of hydrogen-bond acceptors (Lipinski definition) is 5. The van der Waals surface area contributed by atoms with Crippen molar-refractivity contribution < 1.29 is 24.0 Å². The Morgan fingerprint density at radius 2 is 2.09 bits per heavy atom. The van der Waals surface area contributed by atoms with Crippen LogP contribution < -0.4 is 0 Å². The highest BCUT2D eigenvalue weighted by atomic mass is 16.6. The highest BCUT2D eigenvalue weighted by molar-refractivity contribution is 5.87. The van der Waals surface area contributed by atoms with Gasteiger partial charge in [0.2, 0.25) is 0 Å². The van der Waals surface area contributed by atoms with Crippen molar-refractivity contribution >= 4 is 23.0 Å². The number of aromatic nitrogens is 1. The largest absolute Gasteiger partial charge is 0.481 e. The fraction of sp³-hybridized carbons (Fsp3) is 0.438. The lowest BCUT2D eigenvalue weighted by molar-refractivity contribution is -0.136. The van der Waals surface area contributed by atoms with E-state index in [-0.39, 0.29) is 12.5 Å². The number of aliphatic carboxylic acids is 1. The Morgan fingerprint density at radius 3 is 2.74 bits per heavy atom. The maximum Gasteiger partial charge on any atom is 0.410 e. The molecule has 0 spiro atoms. The molecular formula is C16H18N2O5. The first kappa shape index (κ1) is 15.3. The molecule has 0 radical (unpaired) electrons. The van der Waals surface area contributed by atoms with E-state index in [0.717, 1.165) is 11.1 Å². The van der Waals surface area contributed by atoms with E-state index in [1.807, 2.05) is 26.8 Å². The Kier molecular flexibility index (Phi) is 3.50. The summed E-state index contributed by atoms with van der Waals surface area (Å²) in [7, 11) is 0. The van der Waals surface area contributed by atoms with E-state index < -0.39 is 11.6 Å². The number of carbonyl (C=O) groups is 2. The number of carboxylic acid groups (broad SMARTS) is 1. The van der Waals surface area contributed by atoms with Gasteiger partial charge in [-0.2, -0.15) is 0 Å². The Morgan fingerprint density at radius 1 is 1.35 bits per heavy atom. The molecule has 2 heterocycles. The summed E-state index contributed by atoms with van der Waals surface area (Å²) < 4.78 is 10.7. The zero-order valence-electron chi connectivity index (χ0n) is 13.3. The van der Waals surface area contributed by atoms with Crippen molar-refractivity contribution in [1.29, 1.82) is 0 Å². The number of benzene rings is 1. The fourth-order valence-corrected chi connectivity index (χ4v) is 2.65. The van der Waals surface area contributed by atoms with Crippen LogP contribution in [0.1, 0.15) is 37.6 Å². The van der Waals surface area contributed by atoms with Gasteiger partial charge in [0.05, 0.1) is 13.0 Å². The minimum absolute atomic E-state index is 0.193. The van der Waals surface area contributed by atoms with E-state index in [2.05, 4.69) is 5.16 Å². The zero-order valence-corrected chi connectivity index (χ0v) is 13.3. The van der Waals surface area contributed by atoms with Crippen molar-refractivity contribution in [2.45, 2.75) is 45.9 Å². The fourth-order valence-electron chi connectivity index (χ4n) is 2.65. The van der Waals surface area contributed by atoms with Gasteiger partial charge in [-0.3, -0.25) is 9.69 Å². The van der Waals surface area contributed by atoms with Crippen LogP contribution in [0.25, 0.3) is 11.0 Å². The van der Waals surface area contributed by atoms with Gasteiger partial charge < -0.3 is 14.4 Å². The lowest BCUT2D eigenvalue weighted by Crippen LogP contribution is -2.33. The molecule has 1 amide bonds. The second-order valence-corrected chi connectivity index (χ2v) is 6.62. The predicted octanol–water partition coefficient (Wildman–Crippen LogP) is 2.71. The molecule has 1 aromatic heterocycles. The van der Waals surface area contributed by atoms with Crippen LogP contribution in [0.2, 0.25) is 0 Å². The van der Waals surface area contributed by atoms with Crippen molar-refractivity contribution in [3.05, 3.63) is 29.0 Å². The molecule has 0 saturated heterocycles. The average molecular weight is 318 g/mol. The zero-order chi connectivity index (χ0) is 16.8. The van der Waals surface area contributed by atoms with E-state index >= 15 is 0 Å². The van der Waals surface area contributed by atoms with Gasteiger partial charge in [-0.15, -0.1) is 0 Å². The number of amides is 1. The number of nitrogens with zero attached hydrogens (tertiary/aromatic N) is 2. The highest BCUT2D eigenvalue weighted by Gasteiger charge is 2.30. The second kappa shape index (κ2) is 5.26. The third-order valence-electron chi connectivity index (χ3n) is 3.60. The van der Waals surface area contributed by atoms with Gasteiger partial charge in [0.1, 0.15) is 11.3 Å². The Bertz CT molecular complexity index is 788. The number of hydrogen-bond donors (Lipinski definition) is 1. The van der Waals surface area contributed by atoms with Crippen LogP contribution in [-0.4, -0.2) is 32.8 Å². The van der Waals surface area contributed by atoms with Crippen LogP contribution in [0, 0.1) is 0 Å². The first-order valence-corrected chi connectivity index (χ1v) is 7.33. The monoisotopic (exact) mass is 318 g/mol. The Labute approximate surface area is 132 Å². The smallest absolute Gasteiger partial charge is 0.410 e. The van der Waals surface area contributed by atoms with Gasteiger partial charge in [-0.05, 0) is 32.4 Å². The summed E-state index contributed by atoms with van der Waals surface area (Å²) in [5.74, 6) is -0.962. The van der Waals surface area contributed by atoms with E-state index in [1.54, 1.807) is 11.0 Å². The molecule has 0 atom stereocenters. The van der Waals surface area contributed by atoms with Crippen LogP contribution in [0.4, 0.5) is 4.79 Å². The molecule has 1 N–H and O–H groups in total. The second-order valence-electron chi connectivity index (χ2n) is 6.62. The molecule has 7 heteroatoms. The van der Waals surface area contributed by atoms with Crippen LogP contribution in [-0.2, 0) is 29.0 Å². The van der Waals surface area contributed by atoms with Crippen molar-refractivity contribution in [2.75, 3.05) is 0 Å². The topological polar surface area (TPSA) is 92.9 Å². The van der Waals surface area contributed by atoms with E-state index in [1.165, 1.54) is 0 Å². The summed E-state index contributed by atoms with van der Waals surface area (Å²) in [4.78, 5) is 24.7. The minimum Gasteiger partial charge on any atom is -0.481 e. The molecule has 7 nitrogen and oxygen atoms in total. The predicted molar refractivity (Wildman–Crippen MR) is 80.8 cm³/mol.